The Bertz CT molecular complexity index is 754. The van der Waals surface area contributed by atoms with Crippen LogP contribution in [-0.4, -0.2) is 54.8 Å². The Labute approximate surface area is 165 Å². The van der Waals surface area contributed by atoms with Crippen molar-refractivity contribution in [3.8, 4) is 11.3 Å². The van der Waals surface area contributed by atoms with Crippen molar-refractivity contribution in [3.63, 3.8) is 0 Å². The smallest absolute Gasteiger partial charge is 0.236 e. The Morgan fingerprint density at radius 1 is 1.04 bits per heavy atom. The molecule has 6 nitrogen and oxygen atoms in total. The minimum Gasteiger partial charge on any atom is -0.459 e. The lowest BCUT2D eigenvalue weighted by molar-refractivity contribution is -0.132. The molecule has 0 spiro atoms. The summed E-state index contributed by atoms with van der Waals surface area (Å²) in [4.78, 5) is 27.6. The van der Waals surface area contributed by atoms with Crippen LogP contribution in [-0.2, 0) is 16.1 Å². The molecule has 27 heavy (non-hydrogen) atoms. The fourth-order valence-corrected chi connectivity index (χ4v) is 2.82. The van der Waals surface area contributed by atoms with Gasteiger partial charge >= 0.3 is 0 Å². The van der Waals surface area contributed by atoms with E-state index in [4.69, 9.17) is 16.0 Å². The van der Waals surface area contributed by atoms with Gasteiger partial charge < -0.3 is 14.6 Å². The molecule has 146 valence electrons. The van der Waals surface area contributed by atoms with E-state index in [1.54, 1.807) is 29.0 Å². The van der Waals surface area contributed by atoms with Gasteiger partial charge in [0.25, 0.3) is 0 Å². The van der Waals surface area contributed by atoms with Crippen molar-refractivity contribution >= 4 is 23.4 Å². The molecule has 1 heterocycles. The maximum absolute atomic E-state index is 12.1. The number of rotatable bonds is 9. The van der Waals surface area contributed by atoms with Crippen LogP contribution in [0.15, 0.2) is 40.8 Å². The van der Waals surface area contributed by atoms with Crippen LogP contribution in [0.5, 0.6) is 0 Å². The number of halogens is 1. The summed E-state index contributed by atoms with van der Waals surface area (Å²) in [5.41, 5.74) is 0.923. The van der Waals surface area contributed by atoms with E-state index in [1.165, 1.54) is 0 Å². The molecule has 1 aromatic carbocycles. The molecule has 0 unspecified atom stereocenters. The molecule has 1 N–H and O–H groups in total. The number of benzene rings is 1. The standard InChI is InChI=1S/C20H26ClN3O3/c1-4-24(5-2)20(26)14-23(3)13-19(25)22-12-17-10-11-18(27-17)15-6-8-16(21)9-7-15/h6-11H,4-5,12-14H2,1-3H3,(H,22,25). The molecule has 0 saturated heterocycles. The molecule has 0 saturated carbocycles. The highest BCUT2D eigenvalue weighted by molar-refractivity contribution is 6.30. The molecule has 0 aliphatic rings. The van der Waals surface area contributed by atoms with Gasteiger partial charge in [0.2, 0.25) is 11.8 Å². The van der Waals surface area contributed by atoms with Crippen LogP contribution in [0.25, 0.3) is 11.3 Å². The minimum atomic E-state index is -0.158. The highest BCUT2D eigenvalue weighted by Gasteiger charge is 2.15. The number of hydrogen-bond donors (Lipinski definition) is 1. The molecular formula is C20H26ClN3O3. The molecule has 0 aliphatic heterocycles. The minimum absolute atomic E-state index is 0.0222. The van der Waals surface area contributed by atoms with Crippen LogP contribution in [0.3, 0.4) is 0 Å². The fourth-order valence-electron chi connectivity index (χ4n) is 2.69. The van der Waals surface area contributed by atoms with Crippen molar-refractivity contribution in [2.75, 3.05) is 33.2 Å². The Balaban J connectivity index is 1.80. The zero-order valence-corrected chi connectivity index (χ0v) is 16.8. The van der Waals surface area contributed by atoms with Gasteiger partial charge in [-0.3, -0.25) is 14.5 Å². The lowest BCUT2D eigenvalue weighted by Gasteiger charge is -2.22. The largest absolute Gasteiger partial charge is 0.459 e. The van der Waals surface area contributed by atoms with Gasteiger partial charge in [-0.2, -0.15) is 0 Å². The number of nitrogens with one attached hydrogen (secondary N) is 1. The van der Waals surface area contributed by atoms with Crippen LogP contribution < -0.4 is 5.32 Å². The quantitative estimate of drug-likeness (QED) is 0.713. The Kier molecular flexibility index (Phi) is 7.88. The second kappa shape index (κ2) is 10.1. The predicted molar refractivity (Wildman–Crippen MR) is 106 cm³/mol. The molecule has 2 rings (SSSR count). The first kappa shape index (κ1) is 21.0. The normalized spacial score (nSPS) is 10.9. The first-order valence-corrected chi connectivity index (χ1v) is 9.38. The summed E-state index contributed by atoms with van der Waals surface area (Å²) < 4.78 is 5.76. The van der Waals surface area contributed by atoms with Gasteiger partial charge in [-0.05, 0) is 57.3 Å². The summed E-state index contributed by atoms with van der Waals surface area (Å²) in [5, 5.41) is 3.48. The SMILES string of the molecule is CCN(CC)C(=O)CN(C)CC(=O)NCc1ccc(-c2ccc(Cl)cc2)o1. The van der Waals surface area contributed by atoms with E-state index in [2.05, 4.69) is 5.32 Å². The summed E-state index contributed by atoms with van der Waals surface area (Å²) in [6.45, 7) is 5.89. The van der Waals surface area contributed by atoms with E-state index in [0.717, 1.165) is 11.3 Å². The third-order valence-corrected chi connectivity index (χ3v) is 4.44. The number of nitrogens with zero attached hydrogens (tertiary/aromatic N) is 2. The van der Waals surface area contributed by atoms with Crippen LogP contribution >= 0.6 is 11.6 Å². The molecule has 2 amide bonds. The zero-order valence-electron chi connectivity index (χ0n) is 16.0. The van der Waals surface area contributed by atoms with Gasteiger partial charge in [-0.1, -0.05) is 11.6 Å². The first-order valence-electron chi connectivity index (χ1n) is 9.00. The number of carbonyl (C=O) groups is 2. The van der Waals surface area contributed by atoms with Crippen molar-refractivity contribution in [1.29, 1.82) is 0 Å². The number of amides is 2. The van der Waals surface area contributed by atoms with Crippen LogP contribution in [0.2, 0.25) is 5.02 Å². The van der Waals surface area contributed by atoms with Crippen LogP contribution in [0, 0.1) is 0 Å². The van der Waals surface area contributed by atoms with Gasteiger partial charge in [0.1, 0.15) is 11.5 Å². The molecule has 7 heteroatoms. The van der Waals surface area contributed by atoms with Crippen LogP contribution in [0.1, 0.15) is 19.6 Å². The number of hydrogen-bond acceptors (Lipinski definition) is 4. The monoisotopic (exact) mass is 391 g/mol. The fraction of sp³-hybridized carbons (Fsp3) is 0.400. The predicted octanol–water partition coefficient (Wildman–Crippen LogP) is 3.02. The van der Waals surface area contributed by atoms with E-state index < -0.39 is 0 Å². The van der Waals surface area contributed by atoms with E-state index in [9.17, 15) is 9.59 Å². The van der Waals surface area contributed by atoms with Crippen molar-refractivity contribution < 1.29 is 14.0 Å². The van der Waals surface area contributed by atoms with E-state index in [-0.39, 0.29) is 24.9 Å². The molecule has 0 fully saturated rings. The Morgan fingerprint density at radius 2 is 1.70 bits per heavy atom. The van der Waals surface area contributed by atoms with E-state index in [1.807, 2.05) is 38.1 Å². The lowest BCUT2D eigenvalue weighted by Crippen LogP contribution is -2.42. The maximum atomic E-state index is 12.1. The average Bonchev–Trinajstić information content (AvgIpc) is 3.10. The van der Waals surface area contributed by atoms with Crippen molar-refractivity contribution in [3.05, 3.63) is 47.2 Å². The average molecular weight is 392 g/mol. The molecule has 2 aromatic rings. The highest BCUT2D eigenvalue weighted by Crippen LogP contribution is 2.23. The summed E-state index contributed by atoms with van der Waals surface area (Å²) in [6.07, 6.45) is 0. The molecule has 0 radical (unpaired) electrons. The second-order valence-electron chi connectivity index (χ2n) is 6.29. The summed E-state index contributed by atoms with van der Waals surface area (Å²) in [5.74, 6) is 1.25. The molecular weight excluding hydrogens is 366 g/mol. The third kappa shape index (κ3) is 6.41. The highest BCUT2D eigenvalue weighted by atomic mass is 35.5. The molecule has 0 aliphatic carbocycles. The summed E-state index contributed by atoms with van der Waals surface area (Å²) in [7, 11) is 1.76. The second-order valence-corrected chi connectivity index (χ2v) is 6.72. The summed E-state index contributed by atoms with van der Waals surface area (Å²) >= 11 is 5.89. The molecule has 1 aromatic heterocycles. The molecule has 0 atom stereocenters. The van der Waals surface area contributed by atoms with Gasteiger partial charge in [0.15, 0.2) is 0 Å². The number of furan rings is 1. The van der Waals surface area contributed by atoms with Crippen molar-refractivity contribution in [2.45, 2.75) is 20.4 Å². The number of likely N-dealkylation sites (N-methyl/N-ethyl adjacent to an activating group) is 2. The van der Waals surface area contributed by atoms with E-state index in [0.29, 0.717) is 30.4 Å². The van der Waals surface area contributed by atoms with Gasteiger partial charge in [-0.25, -0.2) is 0 Å². The van der Waals surface area contributed by atoms with Gasteiger partial charge in [-0.15, -0.1) is 0 Å². The Morgan fingerprint density at radius 3 is 2.33 bits per heavy atom. The van der Waals surface area contributed by atoms with Crippen molar-refractivity contribution in [2.24, 2.45) is 0 Å². The van der Waals surface area contributed by atoms with Crippen molar-refractivity contribution in [1.82, 2.24) is 15.1 Å². The van der Waals surface area contributed by atoms with Crippen LogP contribution in [0.4, 0.5) is 0 Å². The van der Waals surface area contributed by atoms with E-state index >= 15 is 0 Å². The Hall–Kier alpha value is -2.31. The summed E-state index contributed by atoms with van der Waals surface area (Å²) in [6, 6.07) is 11.1. The lowest BCUT2D eigenvalue weighted by atomic mass is 10.2. The zero-order chi connectivity index (χ0) is 19.8. The topological polar surface area (TPSA) is 65.8 Å². The number of carbonyl (C=O) groups excluding carboxylic acids is 2. The maximum Gasteiger partial charge on any atom is 0.236 e. The van der Waals surface area contributed by atoms with Gasteiger partial charge in [0, 0.05) is 23.7 Å². The third-order valence-electron chi connectivity index (χ3n) is 4.19. The first-order chi connectivity index (χ1) is 12.9. The van der Waals surface area contributed by atoms with Gasteiger partial charge in [0.05, 0.1) is 19.6 Å². The molecule has 0 bridgehead atoms.